The van der Waals surface area contributed by atoms with Crippen LogP contribution in [0.5, 0.6) is 0 Å². The van der Waals surface area contributed by atoms with Crippen LogP contribution < -0.4 is 5.32 Å². The largest absolute Gasteiger partial charge is 0.325 e. The Morgan fingerprint density at radius 1 is 1.26 bits per heavy atom. The van der Waals surface area contributed by atoms with Crippen LogP contribution in [0.3, 0.4) is 0 Å². The van der Waals surface area contributed by atoms with Gasteiger partial charge in [-0.15, -0.1) is 5.10 Å². The van der Waals surface area contributed by atoms with Crippen LogP contribution in [0.4, 0.5) is 5.69 Å². The van der Waals surface area contributed by atoms with Gasteiger partial charge in [0.15, 0.2) is 0 Å². The van der Waals surface area contributed by atoms with Crippen molar-refractivity contribution in [2.45, 2.75) is 51.2 Å². The summed E-state index contributed by atoms with van der Waals surface area (Å²) >= 11 is 1.33. The molecule has 0 aliphatic carbocycles. The predicted octanol–water partition coefficient (Wildman–Crippen LogP) is 3.28. The van der Waals surface area contributed by atoms with E-state index in [1.807, 2.05) is 45.0 Å². The van der Waals surface area contributed by atoms with E-state index in [2.05, 4.69) is 34.7 Å². The summed E-state index contributed by atoms with van der Waals surface area (Å²) < 4.78 is 1.72. The molecule has 124 valence electrons. The summed E-state index contributed by atoms with van der Waals surface area (Å²) in [6, 6.07) is 7.93. The molecule has 1 amide bonds. The number of thioether (sulfide) groups is 1. The van der Waals surface area contributed by atoms with Crippen molar-refractivity contribution in [3.8, 4) is 0 Å². The normalized spacial score (nSPS) is 11.7. The van der Waals surface area contributed by atoms with Gasteiger partial charge < -0.3 is 5.32 Å². The second-order valence-corrected chi connectivity index (χ2v) is 7.60. The first-order chi connectivity index (χ1) is 10.8. The van der Waals surface area contributed by atoms with Crippen molar-refractivity contribution in [3.05, 3.63) is 29.8 Å². The van der Waals surface area contributed by atoms with Crippen LogP contribution in [-0.4, -0.2) is 31.9 Å². The number of rotatable bonds is 5. The van der Waals surface area contributed by atoms with Crippen molar-refractivity contribution in [2.24, 2.45) is 0 Å². The van der Waals surface area contributed by atoms with E-state index in [4.69, 9.17) is 0 Å². The fourth-order valence-corrected chi connectivity index (χ4v) is 2.83. The number of hydrogen-bond donors (Lipinski definition) is 1. The third kappa shape index (κ3) is 4.79. The first-order valence-electron chi connectivity index (χ1n) is 7.59. The molecule has 0 aliphatic heterocycles. The average Bonchev–Trinajstić information content (AvgIpc) is 2.94. The van der Waals surface area contributed by atoms with Crippen LogP contribution in [0.1, 0.15) is 46.1 Å². The lowest BCUT2D eigenvalue weighted by Gasteiger charge is -2.19. The maximum atomic E-state index is 12.1. The monoisotopic (exact) mass is 333 g/mol. The summed E-state index contributed by atoms with van der Waals surface area (Å²) in [5.41, 5.74) is 1.84. The SMILES string of the molecule is CC(C)c1ccc(NC(=O)CSc2nnnn2C(C)(C)C)cc1. The zero-order chi connectivity index (χ0) is 17.0. The number of hydrogen-bond acceptors (Lipinski definition) is 5. The fraction of sp³-hybridized carbons (Fsp3) is 0.500. The highest BCUT2D eigenvalue weighted by molar-refractivity contribution is 7.99. The minimum atomic E-state index is -0.213. The highest BCUT2D eigenvalue weighted by Gasteiger charge is 2.20. The highest BCUT2D eigenvalue weighted by Crippen LogP contribution is 2.22. The molecular formula is C16H23N5OS. The van der Waals surface area contributed by atoms with Crippen LogP contribution in [0.2, 0.25) is 0 Å². The van der Waals surface area contributed by atoms with Gasteiger partial charge in [-0.25, -0.2) is 4.68 Å². The molecule has 23 heavy (non-hydrogen) atoms. The number of nitrogens with zero attached hydrogens (tertiary/aromatic N) is 4. The Kier molecular flexibility index (Phi) is 5.41. The standard InChI is InChI=1S/C16H23N5OS/c1-11(2)12-6-8-13(9-7-12)17-14(22)10-23-15-18-19-20-21(15)16(3,4)5/h6-9,11H,10H2,1-5H3,(H,17,22). The van der Waals surface area contributed by atoms with E-state index in [-0.39, 0.29) is 17.2 Å². The summed E-state index contributed by atoms with van der Waals surface area (Å²) in [6.07, 6.45) is 0. The van der Waals surface area contributed by atoms with Gasteiger partial charge in [-0.05, 0) is 54.8 Å². The molecule has 1 N–H and O–H groups in total. The van der Waals surface area contributed by atoms with Gasteiger partial charge in [0.05, 0.1) is 11.3 Å². The number of amides is 1. The van der Waals surface area contributed by atoms with Crippen LogP contribution >= 0.6 is 11.8 Å². The van der Waals surface area contributed by atoms with Crippen molar-refractivity contribution < 1.29 is 4.79 Å². The van der Waals surface area contributed by atoms with E-state index >= 15 is 0 Å². The predicted molar refractivity (Wildman–Crippen MR) is 92.7 cm³/mol. The van der Waals surface area contributed by atoms with Gasteiger partial charge in [0, 0.05) is 5.69 Å². The lowest BCUT2D eigenvalue weighted by atomic mass is 10.0. The molecule has 0 aliphatic rings. The number of benzene rings is 1. The van der Waals surface area contributed by atoms with Crippen molar-refractivity contribution in [3.63, 3.8) is 0 Å². The maximum absolute atomic E-state index is 12.1. The molecule has 1 aromatic carbocycles. The van der Waals surface area contributed by atoms with E-state index in [0.29, 0.717) is 11.1 Å². The van der Waals surface area contributed by atoms with E-state index < -0.39 is 0 Å². The molecule has 0 radical (unpaired) electrons. The van der Waals surface area contributed by atoms with Crippen LogP contribution in [0.15, 0.2) is 29.4 Å². The van der Waals surface area contributed by atoms with Crippen molar-refractivity contribution >= 4 is 23.4 Å². The van der Waals surface area contributed by atoms with Crippen LogP contribution in [0, 0.1) is 0 Å². The number of anilines is 1. The van der Waals surface area contributed by atoms with Gasteiger partial charge in [0.25, 0.3) is 0 Å². The average molecular weight is 333 g/mol. The van der Waals surface area contributed by atoms with E-state index in [0.717, 1.165) is 5.69 Å². The summed E-state index contributed by atoms with van der Waals surface area (Å²) in [6.45, 7) is 10.3. The zero-order valence-electron chi connectivity index (χ0n) is 14.2. The topological polar surface area (TPSA) is 72.7 Å². The smallest absolute Gasteiger partial charge is 0.234 e. The van der Waals surface area contributed by atoms with Gasteiger partial charge in [0.1, 0.15) is 0 Å². The number of carbonyl (C=O) groups excluding carboxylic acids is 1. The second kappa shape index (κ2) is 7.12. The molecule has 2 rings (SSSR count). The molecule has 0 unspecified atom stereocenters. The number of tetrazole rings is 1. The second-order valence-electron chi connectivity index (χ2n) is 6.66. The number of carbonyl (C=O) groups is 1. The third-order valence-corrected chi connectivity index (χ3v) is 4.19. The Balaban J connectivity index is 1.92. The van der Waals surface area contributed by atoms with Gasteiger partial charge in [0.2, 0.25) is 11.1 Å². The molecule has 1 heterocycles. The first kappa shape index (κ1) is 17.5. The number of nitrogens with one attached hydrogen (secondary N) is 1. The molecule has 6 nitrogen and oxygen atoms in total. The molecule has 0 bridgehead atoms. The third-order valence-electron chi connectivity index (χ3n) is 3.27. The van der Waals surface area contributed by atoms with Crippen molar-refractivity contribution in [1.82, 2.24) is 20.2 Å². The summed E-state index contributed by atoms with van der Waals surface area (Å²) in [4.78, 5) is 12.1. The quantitative estimate of drug-likeness (QED) is 0.850. The van der Waals surface area contributed by atoms with E-state index in [1.165, 1.54) is 17.3 Å². The summed E-state index contributed by atoms with van der Waals surface area (Å²) in [5, 5.41) is 15.2. The molecular weight excluding hydrogens is 310 g/mol. The van der Waals surface area contributed by atoms with Crippen LogP contribution in [0.25, 0.3) is 0 Å². The molecule has 1 aromatic heterocycles. The molecule has 7 heteroatoms. The summed E-state index contributed by atoms with van der Waals surface area (Å²) in [7, 11) is 0. The fourth-order valence-electron chi connectivity index (χ4n) is 1.97. The number of aromatic nitrogens is 4. The zero-order valence-corrected chi connectivity index (χ0v) is 15.0. The Morgan fingerprint density at radius 3 is 2.48 bits per heavy atom. The first-order valence-corrected chi connectivity index (χ1v) is 8.57. The van der Waals surface area contributed by atoms with Gasteiger partial charge in [-0.1, -0.05) is 37.7 Å². The lowest BCUT2D eigenvalue weighted by molar-refractivity contribution is -0.113. The molecule has 0 saturated carbocycles. The Hall–Kier alpha value is -1.89. The molecule has 2 aromatic rings. The van der Waals surface area contributed by atoms with Gasteiger partial charge in [-0.2, -0.15) is 0 Å². The maximum Gasteiger partial charge on any atom is 0.234 e. The Bertz CT molecular complexity index is 658. The lowest BCUT2D eigenvalue weighted by Crippen LogP contribution is -2.24. The molecule has 0 fully saturated rings. The van der Waals surface area contributed by atoms with Gasteiger partial charge >= 0.3 is 0 Å². The van der Waals surface area contributed by atoms with Crippen molar-refractivity contribution in [1.29, 1.82) is 0 Å². The molecule has 0 atom stereocenters. The molecule has 0 spiro atoms. The van der Waals surface area contributed by atoms with E-state index in [1.54, 1.807) is 4.68 Å². The van der Waals surface area contributed by atoms with Gasteiger partial charge in [-0.3, -0.25) is 4.79 Å². The van der Waals surface area contributed by atoms with Crippen LogP contribution in [-0.2, 0) is 10.3 Å². The molecule has 0 saturated heterocycles. The van der Waals surface area contributed by atoms with Crippen molar-refractivity contribution in [2.75, 3.05) is 11.1 Å². The Morgan fingerprint density at radius 2 is 1.91 bits per heavy atom. The Labute approximate surface area is 141 Å². The van der Waals surface area contributed by atoms with E-state index in [9.17, 15) is 4.79 Å². The highest BCUT2D eigenvalue weighted by atomic mass is 32.2. The minimum Gasteiger partial charge on any atom is -0.325 e. The minimum absolute atomic E-state index is 0.0734. The summed E-state index contributed by atoms with van der Waals surface area (Å²) in [5.74, 6) is 0.671.